The lowest BCUT2D eigenvalue weighted by Gasteiger charge is -2.28. The van der Waals surface area contributed by atoms with Crippen LogP contribution >= 0.6 is 0 Å². The van der Waals surface area contributed by atoms with Gasteiger partial charge in [0.05, 0.1) is 19.0 Å². The van der Waals surface area contributed by atoms with Gasteiger partial charge in [0.25, 0.3) is 0 Å². The third-order valence-corrected chi connectivity index (χ3v) is 5.60. The van der Waals surface area contributed by atoms with E-state index in [0.29, 0.717) is 17.3 Å². The van der Waals surface area contributed by atoms with Crippen molar-refractivity contribution < 1.29 is 17.9 Å². The lowest BCUT2D eigenvalue weighted by Crippen LogP contribution is -2.29. The van der Waals surface area contributed by atoms with Crippen molar-refractivity contribution in [1.29, 1.82) is 0 Å². The Balaban J connectivity index is 1.55. The Labute approximate surface area is 165 Å². The zero-order valence-electron chi connectivity index (χ0n) is 15.7. The third-order valence-electron chi connectivity index (χ3n) is 4.41. The monoisotopic (exact) mass is 404 g/mol. The molecule has 1 saturated heterocycles. The van der Waals surface area contributed by atoms with Gasteiger partial charge in [-0.2, -0.15) is 0 Å². The van der Waals surface area contributed by atoms with Crippen molar-refractivity contribution >= 4 is 33.0 Å². The molecule has 0 saturated carbocycles. The Hall–Kier alpha value is -2.81. The van der Waals surface area contributed by atoms with Gasteiger partial charge in [0.2, 0.25) is 21.8 Å². The molecule has 3 rings (SSSR count). The maximum atomic E-state index is 12.3. The summed E-state index contributed by atoms with van der Waals surface area (Å²) in [6.45, 7) is 2.04. The smallest absolute Gasteiger partial charge is 0.241 e. The van der Waals surface area contributed by atoms with Crippen LogP contribution in [0.2, 0.25) is 0 Å². The van der Waals surface area contributed by atoms with E-state index in [1.165, 1.54) is 32.6 Å². The standard InChI is InChI=1S/C19H24N4O4S/c1-27-19-10-7-16(13-20-19)21-18(24)14-28(25,26)22-15-5-8-17(9-6-15)23-11-3-2-4-12-23/h5-10,13,22H,2-4,11-12,14H2,1H3,(H,21,24). The van der Waals surface area contributed by atoms with Gasteiger partial charge in [0.1, 0.15) is 5.75 Å². The molecule has 2 aromatic rings. The van der Waals surface area contributed by atoms with E-state index < -0.39 is 21.7 Å². The summed E-state index contributed by atoms with van der Waals surface area (Å²) in [7, 11) is -2.34. The highest BCUT2D eigenvalue weighted by atomic mass is 32.2. The van der Waals surface area contributed by atoms with Gasteiger partial charge in [-0.25, -0.2) is 13.4 Å². The van der Waals surface area contributed by atoms with E-state index in [-0.39, 0.29) is 0 Å². The molecule has 2 N–H and O–H groups in total. The van der Waals surface area contributed by atoms with E-state index in [1.807, 2.05) is 12.1 Å². The molecule has 0 aliphatic carbocycles. The molecule has 1 aliphatic heterocycles. The van der Waals surface area contributed by atoms with E-state index in [1.54, 1.807) is 24.3 Å². The molecule has 0 unspecified atom stereocenters. The average Bonchev–Trinajstić information content (AvgIpc) is 2.69. The molecular weight excluding hydrogens is 380 g/mol. The molecule has 150 valence electrons. The van der Waals surface area contributed by atoms with Gasteiger partial charge < -0.3 is 15.0 Å². The Morgan fingerprint density at radius 2 is 1.75 bits per heavy atom. The van der Waals surface area contributed by atoms with E-state index in [2.05, 4.69) is 19.9 Å². The highest BCUT2D eigenvalue weighted by molar-refractivity contribution is 7.93. The van der Waals surface area contributed by atoms with Gasteiger partial charge in [-0.05, 0) is 49.6 Å². The number of nitrogens with one attached hydrogen (secondary N) is 2. The molecule has 0 spiro atoms. The molecule has 0 bridgehead atoms. The number of carbonyl (C=O) groups excluding carboxylic acids is 1. The molecule has 1 aromatic carbocycles. The van der Waals surface area contributed by atoms with Crippen LogP contribution in [-0.4, -0.2) is 45.3 Å². The van der Waals surface area contributed by atoms with Crippen LogP contribution in [0.1, 0.15) is 19.3 Å². The molecule has 2 heterocycles. The molecular formula is C19H24N4O4S. The quantitative estimate of drug-likeness (QED) is 0.735. The van der Waals surface area contributed by atoms with E-state index in [9.17, 15) is 13.2 Å². The molecule has 1 fully saturated rings. The fraction of sp³-hybridized carbons (Fsp3) is 0.368. The summed E-state index contributed by atoms with van der Waals surface area (Å²) in [5.74, 6) is -0.933. The first-order valence-corrected chi connectivity index (χ1v) is 10.8. The van der Waals surface area contributed by atoms with Crippen LogP contribution in [-0.2, 0) is 14.8 Å². The third kappa shape index (κ3) is 5.59. The first-order valence-electron chi connectivity index (χ1n) is 9.10. The molecule has 28 heavy (non-hydrogen) atoms. The molecule has 1 aliphatic rings. The van der Waals surface area contributed by atoms with E-state index in [4.69, 9.17) is 4.74 Å². The minimum Gasteiger partial charge on any atom is -0.481 e. The highest BCUT2D eigenvalue weighted by Crippen LogP contribution is 2.22. The lowest BCUT2D eigenvalue weighted by atomic mass is 10.1. The van der Waals surface area contributed by atoms with Crippen molar-refractivity contribution in [3.8, 4) is 5.88 Å². The summed E-state index contributed by atoms with van der Waals surface area (Å²) in [4.78, 5) is 18.3. The van der Waals surface area contributed by atoms with Crippen molar-refractivity contribution in [3.63, 3.8) is 0 Å². The summed E-state index contributed by atoms with van der Waals surface area (Å²) in [5, 5.41) is 2.50. The zero-order valence-corrected chi connectivity index (χ0v) is 16.5. The number of amides is 1. The van der Waals surface area contributed by atoms with E-state index >= 15 is 0 Å². The second kappa shape index (κ2) is 8.92. The molecule has 1 aromatic heterocycles. The predicted octanol–water partition coefficient (Wildman–Crippen LogP) is 2.46. The Morgan fingerprint density at radius 3 is 2.36 bits per heavy atom. The van der Waals surface area contributed by atoms with Crippen LogP contribution in [0.15, 0.2) is 42.6 Å². The fourth-order valence-electron chi connectivity index (χ4n) is 3.05. The van der Waals surface area contributed by atoms with Crippen molar-refractivity contribution in [3.05, 3.63) is 42.6 Å². The van der Waals surface area contributed by atoms with Crippen LogP contribution in [0.4, 0.5) is 17.1 Å². The summed E-state index contributed by atoms with van der Waals surface area (Å²) in [6.07, 6.45) is 5.00. The largest absolute Gasteiger partial charge is 0.481 e. The number of ether oxygens (including phenoxy) is 1. The SMILES string of the molecule is COc1ccc(NC(=O)CS(=O)(=O)Nc2ccc(N3CCCCC3)cc2)cn1. The van der Waals surface area contributed by atoms with Crippen LogP contribution in [0.25, 0.3) is 0 Å². The van der Waals surface area contributed by atoms with Crippen molar-refractivity contribution in [2.45, 2.75) is 19.3 Å². The van der Waals surface area contributed by atoms with Gasteiger partial charge in [-0.15, -0.1) is 0 Å². The minimum atomic E-state index is -3.83. The molecule has 1 amide bonds. The number of nitrogens with zero attached hydrogens (tertiary/aromatic N) is 2. The number of anilines is 3. The zero-order chi connectivity index (χ0) is 20.0. The molecule has 0 radical (unpaired) electrons. The Kier molecular flexibility index (Phi) is 6.35. The van der Waals surface area contributed by atoms with Crippen molar-refractivity contribution in [2.75, 3.05) is 40.9 Å². The Bertz CT molecular complexity index is 893. The second-order valence-corrected chi connectivity index (χ2v) is 8.32. The number of hydrogen-bond acceptors (Lipinski definition) is 6. The number of sulfonamides is 1. The summed E-state index contributed by atoms with van der Waals surface area (Å²) in [6, 6.07) is 10.4. The fourth-order valence-corrected chi connectivity index (χ4v) is 4.04. The molecule has 9 heteroatoms. The van der Waals surface area contributed by atoms with E-state index in [0.717, 1.165) is 18.8 Å². The number of piperidine rings is 1. The van der Waals surface area contributed by atoms with Crippen LogP contribution in [0.5, 0.6) is 5.88 Å². The van der Waals surface area contributed by atoms with Crippen LogP contribution in [0.3, 0.4) is 0 Å². The lowest BCUT2D eigenvalue weighted by molar-refractivity contribution is -0.113. The molecule has 8 nitrogen and oxygen atoms in total. The Morgan fingerprint density at radius 1 is 1.07 bits per heavy atom. The maximum absolute atomic E-state index is 12.3. The number of rotatable bonds is 7. The topological polar surface area (TPSA) is 101 Å². The van der Waals surface area contributed by atoms with Crippen LogP contribution in [0, 0.1) is 0 Å². The van der Waals surface area contributed by atoms with Gasteiger partial charge in [-0.1, -0.05) is 0 Å². The first-order chi connectivity index (χ1) is 13.4. The van der Waals surface area contributed by atoms with Gasteiger partial charge in [0, 0.05) is 30.5 Å². The highest BCUT2D eigenvalue weighted by Gasteiger charge is 2.17. The van der Waals surface area contributed by atoms with Gasteiger partial charge in [-0.3, -0.25) is 9.52 Å². The first kappa shape index (κ1) is 19.9. The number of hydrogen-bond donors (Lipinski definition) is 2. The number of pyridine rings is 1. The number of benzene rings is 1. The summed E-state index contributed by atoms with van der Waals surface area (Å²) < 4.78 is 31.9. The van der Waals surface area contributed by atoms with Crippen LogP contribution < -0.4 is 19.7 Å². The summed E-state index contributed by atoms with van der Waals surface area (Å²) >= 11 is 0. The number of methoxy groups -OCH3 is 1. The predicted molar refractivity (Wildman–Crippen MR) is 109 cm³/mol. The number of aromatic nitrogens is 1. The number of carbonyl (C=O) groups is 1. The second-order valence-electron chi connectivity index (χ2n) is 6.59. The van der Waals surface area contributed by atoms with Gasteiger partial charge in [0.15, 0.2) is 0 Å². The summed E-state index contributed by atoms with van der Waals surface area (Å²) in [5.41, 5.74) is 1.90. The molecule has 0 atom stereocenters. The minimum absolute atomic E-state index is 0.395. The van der Waals surface area contributed by atoms with Crippen molar-refractivity contribution in [2.24, 2.45) is 0 Å². The normalized spacial score (nSPS) is 14.4. The average molecular weight is 404 g/mol. The van der Waals surface area contributed by atoms with Gasteiger partial charge >= 0.3 is 0 Å². The maximum Gasteiger partial charge on any atom is 0.241 e. The van der Waals surface area contributed by atoms with Crippen molar-refractivity contribution in [1.82, 2.24) is 4.98 Å².